The Labute approximate surface area is 177 Å². The molecule has 10 heteroatoms. The first-order chi connectivity index (χ1) is 13.7. The van der Waals surface area contributed by atoms with E-state index in [4.69, 9.17) is 27.9 Å². The van der Waals surface area contributed by atoms with E-state index >= 15 is 0 Å². The zero-order valence-corrected chi connectivity index (χ0v) is 17.6. The van der Waals surface area contributed by atoms with Crippen LogP contribution in [0.25, 0.3) is 11.0 Å². The summed E-state index contributed by atoms with van der Waals surface area (Å²) in [6, 6.07) is 7.68. The molecule has 0 aliphatic carbocycles. The molecule has 0 radical (unpaired) electrons. The largest absolute Gasteiger partial charge is 0.365 e. The van der Waals surface area contributed by atoms with E-state index in [1.165, 1.54) is 0 Å². The average Bonchev–Trinajstić information content (AvgIpc) is 3.32. The third-order valence-corrected chi connectivity index (χ3v) is 5.64. The van der Waals surface area contributed by atoms with Crippen LogP contribution in [0.15, 0.2) is 30.5 Å². The predicted molar refractivity (Wildman–Crippen MR) is 114 cm³/mol. The summed E-state index contributed by atoms with van der Waals surface area (Å²) in [5.74, 6) is 0.625. The highest BCUT2D eigenvalue weighted by Crippen LogP contribution is 2.32. The number of rotatable bonds is 7. The molecular weight excluding hydrogens is 419 g/mol. The lowest BCUT2D eigenvalue weighted by Gasteiger charge is -2.15. The van der Waals surface area contributed by atoms with E-state index in [1.807, 2.05) is 30.5 Å². The number of fused-ring (bicyclic) bond motifs is 1. The Kier molecular flexibility index (Phi) is 6.22. The van der Waals surface area contributed by atoms with Crippen molar-refractivity contribution in [3.05, 3.63) is 46.3 Å². The summed E-state index contributed by atoms with van der Waals surface area (Å²) in [6.07, 6.45) is 5.60. The first-order valence-electron chi connectivity index (χ1n) is 8.95. The average molecular weight is 439 g/mol. The maximum absolute atomic E-state index is 6.24. The van der Waals surface area contributed by atoms with Crippen molar-refractivity contribution in [1.82, 2.24) is 24.5 Å². The van der Waals surface area contributed by atoms with Gasteiger partial charge in [-0.3, -0.25) is 4.72 Å². The molecule has 2 atom stereocenters. The standard InChI is InChI=1S/C18H20Cl2N6OS/c1-28-23-9-12-6-7-15(27-12)26-17-13(10-22-26)16(24-18(20)25-17)21-8-11-4-2-3-5-14(11)19/h2-5,10,12,15,23H,6-9H2,1H3,(H,21,24,25). The van der Waals surface area contributed by atoms with Gasteiger partial charge in [-0.05, 0) is 42.3 Å². The molecule has 0 amide bonds. The fraction of sp³-hybridized carbons (Fsp3) is 0.389. The van der Waals surface area contributed by atoms with Crippen LogP contribution in [0.1, 0.15) is 24.6 Å². The quantitative estimate of drug-likeness (QED) is 0.420. The molecule has 1 aliphatic heterocycles. The van der Waals surface area contributed by atoms with Crippen LogP contribution in [0.2, 0.25) is 10.3 Å². The highest BCUT2D eigenvalue weighted by molar-refractivity contribution is 7.96. The molecule has 0 bridgehead atoms. The Hall–Kier alpha value is -1.58. The molecule has 3 aromatic rings. The molecule has 7 nitrogen and oxygen atoms in total. The van der Waals surface area contributed by atoms with E-state index in [0.29, 0.717) is 23.0 Å². The van der Waals surface area contributed by atoms with Gasteiger partial charge in [0.1, 0.15) is 5.82 Å². The lowest BCUT2D eigenvalue weighted by atomic mass is 10.2. The summed E-state index contributed by atoms with van der Waals surface area (Å²) >= 11 is 14.0. The van der Waals surface area contributed by atoms with E-state index in [-0.39, 0.29) is 17.6 Å². The minimum atomic E-state index is -0.159. The van der Waals surface area contributed by atoms with E-state index in [0.717, 1.165) is 30.3 Å². The second-order valence-corrected chi connectivity index (χ2v) is 7.90. The maximum atomic E-state index is 6.24. The molecule has 2 unspecified atom stereocenters. The lowest BCUT2D eigenvalue weighted by molar-refractivity contribution is 0.000295. The van der Waals surface area contributed by atoms with Crippen LogP contribution in [0, 0.1) is 0 Å². The van der Waals surface area contributed by atoms with Crippen LogP contribution in [0.4, 0.5) is 5.82 Å². The second kappa shape index (κ2) is 8.84. The Morgan fingerprint density at radius 1 is 1.25 bits per heavy atom. The number of benzene rings is 1. The number of ether oxygens (including phenoxy) is 1. The molecule has 0 spiro atoms. The number of hydrogen-bond acceptors (Lipinski definition) is 7. The predicted octanol–water partition coefficient (Wildman–Crippen LogP) is 4.29. The van der Waals surface area contributed by atoms with Gasteiger partial charge in [-0.1, -0.05) is 41.7 Å². The van der Waals surface area contributed by atoms with Crippen LogP contribution in [-0.4, -0.2) is 38.7 Å². The molecule has 1 saturated heterocycles. The van der Waals surface area contributed by atoms with Gasteiger partial charge >= 0.3 is 0 Å². The number of halogens is 2. The van der Waals surface area contributed by atoms with Gasteiger partial charge in [0.05, 0.1) is 17.7 Å². The smallest absolute Gasteiger partial charge is 0.226 e. The van der Waals surface area contributed by atoms with Crippen molar-refractivity contribution >= 4 is 52.0 Å². The molecule has 2 aromatic heterocycles. The molecule has 148 valence electrons. The number of nitrogens with one attached hydrogen (secondary N) is 2. The van der Waals surface area contributed by atoms with Gasteiger partial charge in [0.15, 0.2) is 11.9 Å². The summed E-state index contributed by atoms with van der Waals surface area (Å²) < 4.78 is 11.2. The molecular formula is C18H20Cl2N6OS. The Balaban J connectivity index is 1.56. The molecule has 2 N–H and O–H groups in total. The molecule has 28 heavy (non-hydrogen) atoms. The van der Waals surface area contributed by atoms with Gasteiger partial charge in [-0.15, -0.1) is 0 Å². The number of nitrogens with zero attached hydrogens (tertiary/aromatic N) is 4. The van der Waals surface area contributed by atoms with Crippen molar-refractivity contribution in [2.45, 2.75) is 31.7 Å². The minimum Gasteiger partial charge on any atom is -0.365 e. The summed E-state index contributed by atoms with van der Waals surface area (Å²) in [7, 11) is 0. The highest BCUT2D eigenvalue weighted by Gasteiger charge is 2.29. The Morgan fingerprint density at radius 2 is 2.11 bits per heavy atom. The van der Waals surface area contributed by atoms with Gasteiger partial charge < -0.3 is 10.1 Å². The first-order valence-corrected chi connectivity index (χ1v) is 10.9. The van der Waals surface area contributed by atoms with Gasteiger partial charge in [-0.25, -0.2) is 4.68 Å². The number of hydrogen-bond donors (Lipinski definition) is 2. The lowest BCUT2D eigenvalue weighted by Crippen LogP contribution is -2.22. The Bertz CT molecular complexity index is 968. The maximum Gasteiger partial charge on any atom is 0.226 e. The fourth-order valence-electron chi connectivity index (χ4n) is 3.26. The van der Waals surface area contributed by atoms with E-state index in [2.05, 4.69) is 25.1 Å². The summed E-state index contributed by atoms with van der Waals surface area (Å²) in [5.41, 5.74) is 1.63. The minimum absolute atomic E-state index is 0.159. The van der Waals surface area contributed by atoms with Crippen molar-refractivity contribution in [3.63, 3.8) is 0 Å². The number of anilines is 1. The summed E-state index contributed by atoms with van der Waals surface area (Å²) in [4.78, 5) is 8.72. The molecule has 4 rings (SSSR count). The first kappa shape index (κ1) is 19.7. The second-order valence-electron chi connectivity index (χ2n) is 6.46. The molecule has 3 heterocycles. The molecule has 1 aliphatic rings. The Morgan fingerprint density at radius 3 is 2.93 bits per heavy atom. The zero-order chi connectivity index (χ0) is 19.5. The van der Waals surface area contributed by atoms with Crippen LogP contribution >= 0.6 is 35.1 Å². The summed E-state index contributed by atoms with van der Waals surface area (Å²) in [5, 5.41) is 9.46. The van der Waals surface area contributed by atoms with Gasteiger partial charge in [-0.2, -0.15) is 15.1 Å². The monoisotopic (exact) mass is 438 g/mol. The normalized spacial score (nSPS) is 19.4. The van der Waals surface area contributed by atoms with Crippen LogP contribution in [-0.2, 0) is 11.3 Å². The van der Waals surface area contributed by atoms with E-state index < -0.39 is 0 Å². The summed E-state index contributed by atoms with van der Waals surface area (Å²) in [6.45, 7) is 1.33. The number of aromatic nitrogens is 4. The van der Waals surface area contributed by atoms with Crippen LogP contribution < -0.4 is 10.0 Å². The van der Waals surface area contributed by atoms with Gasteiger partial charge in [0.25, 0.3) is 0 Å². The van der Waals surface area contributed by atoms with Crippen molar-refractivity contribution in [2.24, 2.45) is 0 Å². The third kappa shape index (κ3) is 4.21. The molecule has 1 aromatic carbocycles. The highest BCUT2D eigenvalue weighted by atomic mass is 35.5. The van der Waals surface area contributed by atoms with Gasteiger partial charge in [0.2, 0.25) is 5.28 Å². The van der Waals surface area contributed by atoms with Crippen molar-refractivity contribution < 1.29 is 4.74 Å². The third-order valence-electron chi connectivity index (χ3n) is 4.64. The van der Waals surface area contributed by atoms with E-state index in [9.17, 15) is 0 Å². The van der Waals surface area contributed by atoms with Crippen LogP contribution in [0.3, 0.4) is 0 Å². The molecule has 0 saturated carbocycles. The van der Waals surface area contributed by atoms with Crippen molar-refractivity contribution in [2.75, 3.05) is 18.1 Å². The SMILES string of the molecule is CSNCC1CCC(n2ncc3c(NCc4ccccc4Cl)nc(Cl)nc32)O1. The van der Waals surface area contributed by atoms with E-state index in [1.54, 1.807) is 22.8 Å². The fourth-order valence-corrected chi connectivity index (χ4v) is 3.98. The van der Waals surface area contributed by atoms with Gasteiger partial charge in [0, 0.05) is 18.1 Å². The zero-order valence-electron chi connectivity index (χ0n) is 15.2. The van der Waals surface area contributed by atoms with Crippen LogP contribution in [0.5, 0.6) is 0 Å². The van der Waals surface area contributed by atoms with Crippen molar-refractivity contribution in [1.29, 1.82) is 0 Å². The molecule has 1 fully saturated rings. The van der Waals surface area contributed by atoms with Crippen molar-refractivity contribution in [3.8, 4) is 0 Å². The topological polar surface area (TPSA) is 76.9 Å².